The molecule has 0 atom stereocenters. The Kier molecular flexibility index (Phi) is 6.54. The van der Waals surface area contributed by atoms with Crippen molar-refractivity contribution in [3.63, 3.8) is 0 Å². The molecule has 7 nitrogen and oxygen atoms in total. The predicted molar refractivity (Wildman–Crippen MR) is 120 cm³/mol. The van der Waals surface area contributed by atoms with E-state index in [1.807, 2.05) is 37.3 Å². The van der Waals surface area contributed by atoms with Crippen molar-refractivity contribution in [2.24, 2.45) is 0 Å². The van der Waals surface area contributed by atoms with Gasteiger partial charge in [-0.05, 0) is 32.9 Å². The van der Waals surface area contributed by atoms with Crippen LogP contribution in [-0.2, 0) is 11.3 Å². The summed E-state index contributed by atoms with van der Waals surface area (Å²) >= 11 is 1.46. The molecule has 1 saturated heterocycles. The molecule has 1 aliphatic heterocycles. The topological polar surface area (TPSA) is 80.1 Å². The molecule has 3 aromatic rings. The van der Waals surface area contributed by atoms with Gasteiger partial charge in [-0.15, -0.1) is 11.3 Å². The molecule has 1 N–H and O–H groups in total. The van der Waals surface area contributed by atoms with Crippen molar-refractivity contribution in [1.29, 1.82) is 0 Å². The second-order valence-corrected chi connectivity index (χ2v) is 8.72. The average molecular weight is 426 g/mol. The van der Waals surface area contributed by atoms with Gasteiger partial charge in [-0.3, -0.25) is 9.59 Å². The second-order valence-electron chi connectivity index (χ2n) is 7.72. The highest BCUT2D eigenvalue weighted by Gasteiger charge is 2.16. The minimum Gasteiger partial charge on any atom is -0.353 e. The molecule has 0 spiro atoms. The number of amides is 1. The van der Waals surface area contributed by atoms with Crippen LogP contribution in [0.2, 0.25) is 0 Å². The van der Waals surface area contributed by atoms with Gasteiger partial charge in [-0.2, -0.15) is 5.10 Å². The van der Waals surface area contributed by atoms with E-state index in [-0.39, 0.29) is 18.0 Å². The van der Waals surface area contributed by atoms with Crippen LogP contribution in [-0.4, -0.2) is 51.8 Å². The molecular weight excluding hydrogens is 398 g/mol. The third-order valence-electron chi connectivity index (χ3n) is 5.43. The molecule has 3 heterocycles. The Hall–Kier alpha value is -2.58. The maximum Gasteiger partial charge on any atom is 0.294 e. The molecule has 0 radical (unpaired) electrons. The highest BCUT2D eigenvalue weighted by molar-refractivity contribution is 7.21. The lowest BCUT2D eigenvalue weighted by Gasteiger charge is -2.19. The lowest BCUT2D eigenvalue weighted by molar-refractivity contribution is -0.121. The largest absolute Gasteiger partial charge is 0.353 e. The molecule has 1 amide bonds. The lowest BCUT2D eigenvalue weighted by Crippen LogP contribution is -2.38. The maximum atomic E-state index is 12.9. The van der Waals surface area contributed by atoms with Crippen molar-refractivity contribution in [2.75, 3.05) is 26.2 Å². The van der Waals surface area contributed by atoms with Gasteiger partial charge in [0.1, 0.15) is 11.6 Å². The Morgan fingerprint density at radius 3 is 2.60 bits per heavy atom. The Bertz CT molecular complexity index is 1070. The quantitative estimate of drug-likeness (QED) is 0.657. The molecule has 0 saturated carbocycles. The molecule has 158 valence electrons. The van der Waals surface area contributed by atoms with E-state index in [9.17, 15) is 9.59 Å². The fourth-order valence-corrected chi connectivity index (χ4v) is 4.82. The van der Waals surface area contributed by atoms with Gasteiger partial charge < -0.3 is 10.2 Å². The zero-order chi connectivity index (χ0) is 20.9. The van der Waals surface area contributed by atoms with Crippen LogP contribution in [0.25, 0.3) is 20.8 Å². The molecule has 1 fully saturated rings. The van der Waals surface area contributed by atoms with E-state index < -0.39 is 0 Å². The lowest BCUT2D eigenvalue weighted by atomic mass is 10.2. The van der Waals surface area contributed by atoms with Gasteiger partial charge in [-0.1, -0.05) is 43.2 Å². The molecule has 1 aromatic carbocycles. The van der Waals surface area contributed by atoms with Gasteiger partial charge in [0.15, 0.2) is 5.52 Å². The van der Waals surface area contributed by atoms with E-state index in [1.54, 1.807) is 0 Å². The van der Waals surface area contributed by atoms with Crippen LogP contribution < -0.4 is 10.9 Å². The summed E-state index contributed by atoms with van der Waals surface area (Å²) in [7, 11) is 0. The number of aryl methyl sites for hydroxylation is 1. The van der Waals surface area contributed by atoms with Gasteiger partial charge in [0, 0.05) is 18.7 Å². The molecule has 2 aromatic heterocycles. The number of carbonyl (C=O) groups excluding carboxylic acids is 1. The van der Waals surface area contributed by atoms with Crippen LogP contribution in [0.15, 0.2) is 35.1 Å². The molecule has 8 heteroatoms. The van der Waals surface area contributed by atoms with E-state index in [0.717, 1.165) is 34.9 Å². The number of likely N-dealkylation sites (tertiary alicyclic amines) is 1. The fraction of sp³-hybridized carbons (Fsp3) is 0.455. The Balaban J connectivity index is 1.44. The SMILES string of the molecule is Cc1nn(CC(=O)NCCN2CCCCCC2)c(=O)c2nc(-c3ccccc3)sc12. The molecule has 30 heavy (non-hydrogen) atoms. The number of rotatable bonds is 6. The van der Waals surface area contributed by atoms with Crippen LogP contribution in [0.4, 0.5) is 0 Å². The normalized spacial score (nSPS) is 15.2. The Labute approximate surface area is 179 Å². The van der Waals surface area contributed by atoms with Crippen molar-refractivity contribution < 1.29 is 4.79 Å². The molecule has 0 unspecified atom stereocenters. The number of hydrogen-bond donors (Lipinski definition) is 1. The Morgan fingerprint density at radius 2 is 1.87 bits per heavy atom. The maximum absolute atomic E-state index is 12.9. The second kappa shape index (κ2) is 9.49. The number of nitrogens with zero attached hydrogens (tertiary/aromatic N) is 4. The van der Waals surface area contributed by atoms with E-state index >= 15 is 0 Å². The van der Waals surface area contributed by atoms with Crippen LogP contribution in [0.5, 0.6) is 0 Å². The van der Waals surface area contributed by atoms with Gasteiger partial charge in [0.05, 0.1) is 10.4 Å². The summed E-state index contributed by atoms with van der Waals surface area (Å²) in [6.45, 7) is 5.39. The zero-order valence-electron chi connectivity index (χ0n) is 17.3. The first-order valence-electron chi connectivity index (χ1n) is 10.5. The number of aromatic nitrogens is 3. The summed E-state index contributed by atoms with van der Waals surface area (Å²) in [4.78, 5) is 32.2. The number of fused-ring (bicyclic) bond motifs is 1. The third-order valence-corrected chi connectivity index (χ3v) is 6.64. The first kappa shape index (κ1) is 20.7. The molecular formula is C22H27N5O2S. The van der Waals surface area contributed by atoms with Crippen molar-refractivity contribution in [3.8, 4) is 10.6 Å². The molecule has 4 rings (SSSR count). The smallest absolute Gasteiger partial charge is 0.294 e. The van der Waals surface area contributed by atoms with Crippen LogP contribution in [0, 0.1) is 6.92 Å². The molecule has 0 bridgehead atoms. The van der Waals surface area contributed by atoms with E-state index in [0.29, 0.717) is 17.8 Å². The minimum absolute atomic E-state index is 0.0895. The van der Waals surface area contributed by atoms with Crippen molar-refractivity contribution in [1.82, 2.24) is 25.0 Å². The van der Waals surface area contributed by atoms with Crippen molar-refractivity contribution in [2.45, 2.75) is 39.2 Å². The van der Waals surface area contributed by atoms with Crippen LogP contribution in [0.3, 0.4) is 0 Å². The van der Waals surface area contributed by atoms with Gasteiger partial charge in [0.2, 0.25) is 5.91 Å². The van der Waals surface area contributed by atoms with E-state index in [4.69, 9.17) is 0 Å². The average Bonchev–Trinajstić information content (AvgIpc) is 3.05. The summed E-state index contributed by atoms with van der Waals surface area (Å²) in [6.07, 6.45) is 5.04. The number of carbonyl (C=O) groups is 1. The first-order chi connectivity index (χ1) is 14.6. The highest BCUT2D eigenvalue weighted by Crippen LogP contribution is 2.29. The monoisotopic (exact) mass is 425 g/mol. The van der Waals surface area contributed by atoms with E-state index in [1.165, 1.54) is 41.7 Å². The van der Waals surface area contributed by atoms with Crippen molar-refractivity contribution in [3.05, 3.63) is 46.4 Å². The summed E-state index contributed by atoms with van der Waals surface area (Å²) < 4.78 is 2.00. The first-order valence-corrected chi connectivity index (χ1v) is 11.4. The van der Waals surface area contributed by atoms with Gasteiger partial charge in [-0.25, -0.2) is 9.67 Å². The highest BCUT2D eigenvalue weighted by atomic mass is 32.1. The number of nitrogens with one attached hydrogen (secondary N) is 1. The van der Waals surface area contributed by atoms with Gasteiger partial charge >= 0.3 is 0 Å². The van der Waals surface area contributed by atoms with E-state index in [2.05, 4.69) is 20.3 Å². The van der Waals surface area contributed by atoms with Crippen LogP contribution >= 0.6 is 11.3 Å². The molecule has 0 aliphatic carbocycles. The third kappa shape index (κ3) is 4.76. The zero-order valence-corrected chi connectivity index (χ0v) is 18.1. The fourth-order valence-electron chi connectivity index (χ4n) is 3.82. The summed E-state index contributed by atoms with van der Waals surface area (Å²) in [5.74, 6) is -0.198. The summed E-state index contributed by atoms with van der Waals surface area (Å²) in [5.41, 5.74) is 1.73. The van der Waals surface area contributed by atoms with Crippen LogP contribution in [0.1, 0.15) is 31.4 Å². The minimum atomic E-state index is -0.323. The number of hydrogen-bond acceptors (Lipinski definition) is 6. The molecule has 1 aliphatic rings. The Morgan fingerprint density at radius 1 is 1.13 bits per heavy atom. The number of thiazole rings is 1. The summed E-state index contributed by atoms with van der Waals surface area (Å²) in [5, 5.41) is 8.07. The summed E-state index contributed by atoms with van der Waals surface area (Å²) in [6, 6.07) is 9.77. The van der Waals surface area contributed by atoms with Gasteiger partial charge in [0.25, 0.3) is 5.56 Å². The number of benzene rings is 1. The van der Waals surface area contributed by atoms with Crippen molar-refractivity contribution >= 4 is 27.5 Å². The standard InChI is InChI=1S/C22H27N5O2S/c1-16-20-19(24-21(30-20)17-9-5-4-6-10-17)22(29)27(25-16)15-18(28)23-11-14-26-12-7-2-3-8-13-26/h4-6,9-10H,2-3,7-8,11-15H2,1H3,(H,23,28). The predicted octanol–water partition coefficient (Wildman–Crippen LogP) is 2.82.